The maximum Gasteiger partial charge on any atom is 0.101 e. The highest BCUT2D eigenvalue weighted by Gasteiger charge is 2.24. The minimum atomic E-state index is 0.665. The highest BCUT2D eigenvalue weighted by atomic mass is 16.5. The molecule has 8 heteroatoms. The van der Waals surface area contributed by atoms with Gasteiger partial charge in [-0.1, -0.05) is 19.3 Å². The van der Waals surface area contributed by atoms with Crippen LogP contribution in [-0.2, 0) is 28.4 Å². The van der Waals surface area contributed by atoms with Crippen molar-refractivity contribution in [2.24, 2.45) is 11.8 Å². The van der Waals surface area contributed by atoms with Crippen molar-refractivity contribution in [3.63, 3.8) is 0 Å². The van der Waals surface area contributed by atoms with Gasteiger partial charge >= 0.3 is 0 Å². The van der Waals surface area contributed by atoms with Crippen molar-refractivity contribution in [1.82, 2.24) is 0 Å². The van der Waals surface area contributed by atoms with Crippen molar-refractivity contribution >= 4 is 0 Å². The predicted molar refractivity (Wildman–Crippen MR) is 147 cm³/mol. The van der Waals surface area contributed by atoms with E-state index in [2.05, 4.69) is 0 Å². The number of rotatable bonds is 24. The van der Waals surface area contributed by atoms with Gasteiger partial charge in [0.05, 0.1) is 92.2 Å². The molecule has 2 heterocycles. The van der Waals surface area contributed by atoms with Gasteiger partial charge in [0.1, 0.15) is 13.1 Å². The van der Waals surface area contributed by atoms with Crippen molar-refractivity contribution in [3.8, 4) is 0 Å². The Balaban J connectivity index is 1.34. The number of likely N-dealkylation sites (tertiary alicyclic amines) is 2. The molecular weight excluding hydrogens is 472 g/mol. The molecule has 0 saturated carbocycles. The van der Waals surface area contributed by atoms with E-state index in [1.54, 1.807) is 9.80 Å². The van der Waals surface area contributed by atoms with E-state index in [4.69, 9.17) is 28.4 Å². The molecule has 0 amide bonds. The summed E-state index contributed by atoms with van der Waals surface area (Å²) in [6.45, 7) is 20.2. The summed E-state index contributed by atoms with van der Waals surface area (Å²) >= 11 is 0. The second-order valence-electron chi connectivity index (χ2n) is 10.7. The zero-order valence-electron chi connectivity index (χ0n) is 24.3. The Labute approximate surface area is 227 Å². The zero-order valence-corrected chi connectivity index (χ0v) is 24.3. The smallest absolute Gasteiger partial charge is 0.101 e. The summed E-state index contributed by atoms with van der Waals surface area (Å²) in [5.41, 5.74) is 0. The van der Waals surface area contributed by atoms with Gasteiger partial charge in [0.25, 0.3) is 0 Å². The van der Waals surface area contributed by atoms with E-state index >= 15 is 0 Å². The minimum absolute atomic E-state index is 0.665. The van der Waals surface area contributed by atoms with Gasteiger partial charge in [0.15, 0.2) is 0 Å². The van der Waals surface area contributed by atoms with Crippen molar-refractivity contribution in [1.29, 1.82) is 0 Å². The lowest BCUT2D eigenvalue weighted by atomic mass is 9.87. The van der Waals surface area contributed by atoms with E-state index in [1.165, 1.54) is 71.1 Å². The molecule has 2 aliphatic rings. The Morgan fingerprint density at radius 3 is 1.14 bits per heavy atom. The minimum Gasteiger partial charge on any atom is -0.379 e. The van der Waals surface area contributed by atoms with Crippen molar-refractivity contribution in [2.45, 2.75) is 58.8 Å². The van der Waals surface area contributed by atoms with E-state index in [0.29, 0.717) is 52.9 Å². The number of hydrogen-bond donors (Lipinski definition) is 2. The van der Waals surface area contributed by atoms with Crippen LogP contribution >= 0.6 is 0 Å². The van der Waals surface area contributed by atoms with Gasteiger partial charge in [-0.15, -0.1) is 0 Å². The molecule has 37 heavy (non-hydrogen) atoms. The summed E-state index contributed by atoms with van der Waals surface area (Å²) in [7, 11) is 0. The van der Waals surface area contributed by atoms with E-state index < -0.39 is 0 Å². The Morgan fingerprint density at radius 2 is 0.784 bits per heavy atom. The Morgan fingerprint density at radius 1 is 0.459 bits per heavy atom. The van der Waals surface area contributed by atoms with E-state index in [9.17, 15) is 0 Å². The van der Waals surface area contributed by atoms with Crippen LogP contribution in [0, 0.1) is 11.8 Å². The summed E-state index contributed by atoms with van der Waals surface area (Å²) in [5.74, 6) is 1.91. The van der Waals surface area contributed by atoms with E-state index in [0.717, 1.165) is 51.4 Å². The van der Waals surface area contributed by atoms with Crippen molar-refractivity contribution in [3.05, 3.63) is 0 Å². The Bertz CT molecular complexity index is 443. The van der Waals surface area contributed by atoms with Crippen LogP contribution in [0.15, 0.2) is 0 Å². The van der Waals surface area contributed by atoms with Crippen LogP contribution in [0.3, 0.4) is 0 Å². The number of ether oxygens (including phenoxy) is 6. The fourth-order valence-corrected chi connectivity index (χ4v) is 5.55. The lowest BCUT2D eigenvalue weighted by molar-refractivity contribution is -0.906. The van der Waals surface area contributed by atoms with Gasteiger partial charge in [0.2, 0.25) is 0 Å². The molecule has 0 spiro atoms. The molecule has 0 aromatic carbocycles. The second-order valence-corrected chi connectivity index (χ2v) is 10.7. The average molecular weight is 533 g/mol. The van der Waals surface area contributed by atoms with Gasteiger partial charge in [-0.3, -0.25) is 0 Å². The maximum absolute atomic E-state index is 5.76. The molecule has 2 aliphatic heterocycles. The maximum atomic E-state index is 5.76. The molecular formula is C29H60N2O6+2. The van der Waals surface area contributed by atoms with E-state index in [-0.39, 0.29) is 0 Å². The van der Waals surface area contributed by atoms with Gasteiger partial charge in [0, 0.05) is 13.2 Å². The SMILES string of the molecule is CCOCCOCCOCC[NH+]1CCC(CCCC2CC[NH+](CCOCCOCCOCC)CC2)CC1. The van der Waals surface area contributed by atoms with Crippen LogP contribution in [0.1, 0.15) is 58.8 Å². The standard InChI is InChI=1S/C29H58N2O6/c1-3-32-20-22-36-26-24-34-18-16-30-12-8-28(9-13-30)6-5-7-29-10-14-31(15-11-29)17-19-35-25-27-37-23-21-33-4-2/h28-29H,3-27H2,1-2H3/p+2. The lowest BCUT2D eigenvalue weighted by Crippen LogP contribution is -3.13. The highest BCUT2D eigenvalue weighted by molar-refractivity contribution is 4.67. The topological polar surface area (TPSA) is 64.3 Å². The van der Waals surface area contributed by atoms with Gasteiger partial charge in [-0.25, -0.2) is 0 Å². The summed E-state index contributed by atoms with van der Waals surface area (Å²) in [6, 6.07) is 0. The highest BCUT2D eigenvalue weighted by Crippen LogP contribution is 2.22. The quantitative estimate of drug-likeness (QED) is 0.180. The van der Waals surface area contributed by atoms with Crippen molar-refractivity contribution < 1.29 is 38.2 Å². The second kappa shape index (κ2) is 23.6. The first-order chi connectivity index (χ1) is 18.3. The Kier molecular flexibility index (Phi) is 20.9. The molecule has 2 fully saturated rings. The van der Waals surface area contributed by atoms with Crippen LogP contribution in [0.25, 0.3) is 0 Å². The monoisotopic (exact) mass is 532 g/mol. The number of quaternary nitrogens is 2. The molecule has 8 nitrogen and oxygen atoms in total. The van der Waals surface area contributed by atoms with Crippen molar-refractivity contribution in [2.75, 3.05) is 119 Å². The molecule has 0 atom stereocenters. The molecule has 0 radical (unpaired) electrons. The Hall–Kier alpha value is -0.320. The first-order valence-corrected chi connectivity index (χ1v) is 15.4. The molecule has 2 saturated heterocycles. The fourth-order valence-electron chi connectivity index (χ4n) is 5.55. The fraction of sp³-hybridized carbons (Fsp3) is 1.00. The van der Waals surface area contributed by atoms with Crippen LogP contribution in [0.5, 0.6) is 0 Å². The number of piperidine rings is 2. The predicted octanol–water partition coefficient (Wildman–Crippen LogP) is 0.886. The first-order valence-electron chi connectivity index (χ1n) is 15.4. The van der Waals surface area contributed by atoms with E-state index in [1.807, 2.05) is 13.8 Å². The first kappa shape index (κ1) is 32.9. The summed E-state index contributed by atoms with van der Waals surface area (Å²) in [4.78, 5) is 3.45. The molecule has 0 unspecified atom stereocenters. The number of hydrogen-bond acceptors (Lipinski definition) is 6. The average Bonchev–Trinajstić information content (AvgIpc) is 2.93. The molecule has 2 N–H and O–H groups in total. The van der Waals surface area contributed by atoms with Crippen LogP contribution in [0.4, 0.5) is 0 Å². The lowest BCUT2D eigenvalue weighted by Gasteiger charge is -2.31. The molecule has 0 aromatic heterocycles. The third kappa shape index (κ3) is 17.8. The third-order valence-corrected chi connectivity index (χ3v) is 7.95. The zero-order chi connectivity index (χ0) is 26.2. The number of nitrogens with one attached hydrogen (secondary N) is 2. The van der Waals surface area contributed by atoms with Crippen LogP contribution in [0.2, 0.25) is 0 Å². The van der Waals surface area contributed by atoms with Gasteiger partial charge in [-0.2, -0.15) is 0 Å². The summed E-state index contributed by atoms with van der Waals surface area (Å²) in [5, 5.41) is 0. The van der Waals surface area contributed by atoms with Crippen LogP contribution < -0.4 is 9.80 Å². The third-order valence-electron chi connectivity index (χ3n) is 7.95. The molecule has 0 bridgehead atoms. The summed E-state index contributed by atoms with van der Waals surface area (Å²) < 4.78 is 33.0. The molecule has 0 aromatic rings. The normalized spacial score (nSPS) is 24.5. The molecule has 0 aliphatic carbocycles. The largest absolute Gasteiger partial charge is 0.379 e. The molecule has 2 rings (SSSR count). The van der Waals surface area contributed by atoms with Gasteiger partial charge < -0.3 is 38.2 Å². The van der Waals surface area contributed by atoms with Gasteiger partial charge in [-0.05, 0) is 51.4 Å². The van der Waals surface area contributed by atoms with Crippen LogP contribution in [-0.4, -0.2) is 119 Å². The summed E-state index contributed by atoms with van der Waals surface area (Å²) in [6.07, 6.45) is 9.91. The molecule has 220 valence electrons.